The Balaban J connectivity index is 1.59. The second-order valence-corrected chi connectivity index (χ2v) is 11.1. The fraction of sp³-hybridized carbons (Fsp3) is 0.462. The molecule has 200 valence electrons. The Kier molecular flexibility index (Phi) is 8.80. The van der Waals surface area contributed by atoms with Crippen LogP contribution in [0.3, 0.4) is 0 Å². The zero-order chi connectivity index (χ0) is 26.3. The van der Waals surface area contributed by atoms with Gasteiger partial charge in [0, 0.05) is 31.7 Å². The van der Waals surface area contributed by atoms with Crippen LogP contribution in [0, 0.1) is 0 Å². The minimum atomic E-state index is -3.65. The molecule has 37 heavy (non-hydrogen) atoms. The number of aliphatic imine (C=N–C) groups is 1. The first-order valence-electron chi connectivity index (χ1n) is 12.4. The topological polar surface area (TPSA) is 127 Å². The van der Waals surface area contributed by atoms with E-state index >= 15 is 0 Å². The van der Waals surface area contributed by atoms with Gasteiger partial charge in [-0.05, 0) is 49.7 Å². The van der Waals surface area contributed by atoms with Crippen molar-refractivity contribution in [3.05, 3.63) is 60.2 Å². The number of carbonyl (C=O) groups is 1. The zero-order valence-electron chi connectivity index (χ0n) is 20.8. The first kappa shape index (κ1) is 27.1. The minimum Gasteiger partial charge on any atom is -0.494 e. The highest BCUT2D eigenvalue weighted by atomic mass is 32.2. The van der Waals surface area contributed by atoms with Gasteiger partial charge in [0.15, 0.2) is 15.4 Å². The van der Waals surface area contributed by atoms with E-state index in [0.29, 0.717) is 50.6 Å². The summed E-state index contributed by atoms with van der Waals surface area (Å²) in [6.07, 6.45) is -0.218. The Morgan fingerprint density at radius 3 is 2.54 bits per heavy atom. The highest BCUT2D eigenvalue weighted by Crippen LogP contribution is 2.33. The summed E-state index contributed by atoms with van der Waals surface area (Å²) in [5.41, 5.74) is 2.12. The number of hydrogen-bond acceptors (Lipinski definition) is 9. The summed E-state index contributed by atoms with van der Waals surface area (Å²) >= 11 is 0. The molecule has 4 rings (SSSR count). The molecule has 2 atom stereocenters. The van der Waals surface area contributed by atoms with Crippen LogP contribution in [0.25, 0.3) is 0 Å². The molecule has 0 bridgehead atoms. The van der Waals surface area contributed by atoms with E-state index < -0.39 is 27.4 Å². The summed E-state index contributed by atoms with van der Waals surface area (Å²) in [5, 5.41) is 10.7. The van der Waals surface area contributed by atoms with Crippen molar-refractivity contribution in [1.82, 2.24) is 10.4 Å². The third-order valence-electron chi connectivity index (χ3n) is 6.45. The van der Waals surface area contributed by atoms with Crippen molar-refractivity contribution in [1.29, 1.82) is 0 Å². The fourth-order valence-corrected chi connectivity index (χ4v) is 5.59. The number of benzene rings is 2. The van der Waals surface area contributed by atoms with E-state index in [1.807, 2.05) is 0 Å². The smallest absolute Gasteiger partial charge is 0.266 e. The molecule has 2 aromatic carbocycles. The predicted octanol–water partition coefficient (Wildman–Crippen LogP) is 1.58. The third-order valence-corrected chi connectivity index (χ3v) is 8.18. The molecule has 0 spiro atoms. The molecule has 0 unspecified atom stereocenters. The van der Waals surface area contributed by atoms with E-state index in [4.69, 9.17) is 24.3 Å². The Morgan fingerprint density at radius 2 is 1.86 bits per heavy atom. The number of nitrogens with zero attached hydrogens (tertiary/aromatic N) is 2. The molecule has 2 N–H and O–H groups in total. The maximum atomic E-state index is 13.7. The zero-order valence-corrected chi connectivity index (χ0v) is 21.7. The second-order valence-electron chi connectivity index (χ2n) is 8.97. The Morgan fingerprint density at radius 1 is 1.16 bits per heavy atom. The molecule has 2 heterocycles. The summed E-state index contributed by atoms with van der Waals surface area (Å²) in [5.74, 6) is 0.220. The standard InChI is InChI=1S/C26H33N3O7S/c1-20-26(25(31)28-29-13-17-34-18-14-29,12-19-37(32,33)23-6-3-2-4-7-23)27-24(36-20)21-8-10-22(11-9-21)35-16-5-15-30/h2-4,6-11,20,30H,5,12-19H2,1H3,(H,28,31)/t20-,26-/m0/s1. The van der Waals surface area contributed by atoms with E-state index in [0.717, 1.165) is 0 Å². The maximum Gasteiger partial charge on any atom is 0.266 e. The molecule has 1 amide bonds. The lowest BCUT2D eigenvalue weighted by atomic mass is 9.90. The number of nitrogens with one attached hydrogen (secondary N) is 1. The van der Waals surface area contributed by atoms with Gasteiger partial charge in [-0.15, -0.1) is 0 Å². The molecule has 0 radical (unpaired) electrons. The molecular formula is C26H33N3O7S. The lowest BCUT2D eigenvalue weighted by molar-refractivity contribution is -0.135. The number of ether oxygens (including phenoxy) is 3. The Hall–Kier alpha value is -2.99. The van der Waals surface area contributed by atoms with Crippen LogP contribution < -0.4 is 10.2 Å². The normalized spacial score (nSPS) is 22.2. The van der Waals surface area contributed by atoms with Crippen molar-refractivity contribution in [2.45, 2.75) is 36.3 Å². The van der Waals surface area contributed by atoms with E-state index in [2.05, 4.69) is 5.43 Å². The first-order valence-corrected chi connectivity index (χ1v) is 14.0. The number of amides is 1. The van der Waals surface area contributed by atoms with Crippen LogP contribution in [-0.2, 0) is 24.1 Å². The van der Waals surface area contributed by atoms with Crippen molar-refractivity contribution in [2.75, 3.05) is 45.3 Å². The van der Waals surface area contributed by atoms with E-state index in [1.54, 1.807) is 66.5 Å². The van der Waals surface area contributed by atoms with E-state index in [-0.39, 0.29) is 29.6 Å². The molecule has 11 heteroatoms. The van der Waals surface area contributed by atoms with Crippen LogP contribution in [0.5, 0.6) is 5.75 Å². The molecule has 2 aliphatic heterocycles. The van der Waals surface area contributed by atoms with Gasteiger partial charge < -0.3 is 19.3 Å². The molecule has 10 nitrogen and oxygen atoms in total. The van der Waals surface area contributed by atoms with Crippen LogP contribution in [0.15, 0.2) is 64.5 Å². The maximum absolute atomic E-state index is 13.7. The summed E-state index contributed by atoms with van der Waals surface area (Å²) in [6, 6.07) is 15.3. The van der Waals surface area contributed by atoms with E-state index in [1.165, 1.54) is 0 Å². The predicted molar refractivity (Wildman–Crippen MR) is 137 cm³/mol. The van der Waals surface area contributed by atoms with Crippen LogP contribution in [0.1, 0.15) is 25.3 Å². The van der Waals surface area contributed by atoms with Gasteiger partial charge in [-0.1, -0.05) is 18.2 Å². The van der Waals surface area contributed by atoms with Gasteiger partial charge >= 0.3 is 0 Å². The monoisotopic (exact) mass is 531 g/mol. The summed E-state index contributed by atoms with van der Waals surface area (Å²) in [7, 11) is -3.65. The number of hydrogen-bond donors (Lipinski definition) is 2. The van der Waals surface area contributed by atoms with Crippen LogP contribution in [0.2, 0.25) is 0 Å². The van der Waals surface area contributed by atoms with Gasteiger partial charge in [-0.2, -0.15) is 0 Å². The highest BCUT2D eigenvalue weighted by Gasteiger charge is 2.51. The van der Waals surface area contributed by atoms with Crippen LogP contribution >= 0.6 is 0 Å². The lowest BCUT2D eigenvalue weighted by Crippen LogP contribution is -2.58. The Labute approximate surface area is 217 Å². The van der Waals surface area contributed by atoms with Gasteiger partial charge in [-0.3, -0.25) is 10.2 Å². The van der Waals surface area contributed by atoms with Crippen LogP contribution in [-0.4, -0.2) is 87.3 Å². The lowest BCUT2D eigenvalue weighted by Gasteiger charge is -2.33. The minimum absolute atomic E-state index is 0.0482. The van der Waals surface area contributed by atoms with Crippen molar-refractivity contribution in [3.8, 4) is 5.75 Å². The van der Waals surface area contributed by atoms with Crippen molar-refractivity contribution >= 4 is 21.6 Å². The Bertz CT molecular complexity index is 1180. The molecule has 0 aliphatic carbocycles. The first-order chi connectivity index (χ1) is 17.8. The average Bonchev–Trinajstić information content (AvgIpc) is 3.26. The molecule has 0 saturated carbocycles. The number of morpholine rings is 1. The van der Waals surface area contributed by atoms with Gasteiger partial charge in [0.2, 0.25) is 5.90 Å². The highest BCUT2D eigenvalue weighted by molar-refractivity contribution is 7.91. The number of hydrazine groups is 1. The molecule has 2 aliphatic rings. The van der Waals surface area contributed by atoms with E-state index in [9.17, 15) is 13.2 Å². The third kappa shape index (κ3) is 6.48. The molecule has 0 aromatic heterocycles. The van der Waals surface area contributed by atoms with Crippen molar-refractivity contribution in [2.24, 2.45) is 4.99 Å². The van der Waals surface area contributed by atoms with Gasteiger partial charge in [0.1, 0.15) is 11.9 Å². The van der Waals surface area contributed by atoms with Crippen molar-refractivity contribution < 1.29 is 32.5 Å². The molecular weight excluding hydrogens is 498 g/mol. The summed E-state index contributed by atoms with van der Waals surface area (Å²) in [4.78, 5) is 18.6. The van der Waals surface area contributed by atoms with Crippen LogP contribution in [0.4, 0.5) is 0 Å². The average molecular weight is 532 g/mol. The molecule has 1 saturated heterocycles. The van der Waals surface area contributed by atoms with Gasteiger partial charge in [0.05, 0.1) is 30.5 Å². The number of aliphatic hydroxyl groups excluding tert-OH is 1. The number of aliphatic hydroxyl groups is 1. The number of sulfone groups is 1. The largest absolute Gasteiger partial charge is 0.494 e. The summed E-state index contributed by atoms with van der Waals surface area (Å²) < 4.78 is 43.1. The quantitative estimate of drug-likeness (QED) is 0.419. The SMILES string of the molecule is C[C@@H]1OC(c2ccc(OCCCO)cc2)=N[C@]1(CCS(=O)(=O)c1ccccc1)C(=O)NN1CCOCC1. The molecule has 2 aromatic rings. The number of rotatable bonds is 11. The van der Waals surface area contributed by atoms with Gasteiger partial charge in [-0.25, -0.2) is 18.4 Å². The van der Waals surface area contributed by atoms with Gasteiger partial charge in [0.25, 0.3) is 5.91 Å². The van der Waals surface area contributed by atoms with Crippen molar-refractivity contribution in [3.63, 3.8) is 0 Å². The molecule has 1 fully saturated rings. The fourth-order valence-electron chi connectivity index (χ4n) is 4.20. The summed E-state index contributed by atoms with van der Waals surface area (Å²) in [6.45, 7) is 4.20. The second kappa shape index (κ2) is 12.0. The number of carbonyl (C=O) groups excluding carboxylic acids is 1.